The fourth-order valence-electron chi connectivity index (χ4n) is 1.66. The lowest BCUT2D eigenvalue weighted by atomic mass is 10.2. The van der Waals surface area contributed by atoms with Crippen LogP contribution in [0.4, 0.5) is 10.6 Å². The van der Waals surface area contributed by atoms with Gasteiger partial charge in [0.25, 0.3) is 0 Å². The van der Waals surface area contributed by atoms with Crippen molar-refractivity contribution in [1.82, 2.24) is 14.6 Å². The maximum atomic E-state index is 12.4. The first-order chi connectivity index (χ1) is 9.38. The maximum Gasteiger partial charge on any atom is 0.435 e. The van der Waals surface area contributed by atoms with Gasteiger partial charge in [0.1, 0.15) is 11.4 Å². The number of pyridine rings is 1. The zero-order valence-corrected chi connectivity index (χ0v) is 12.1. The molecule has 0 aliphatic rings. The minimum atomic E-state index is -0.585. The summed E-state index contributed by atoms with van der Waals surface area (Å²) in [4.78, 5) is 20.8. The van der Waals surface area contributed by atoms with E-state index in [1.807, 2.05) is 26.8 Å². The first kappa shape index (κ1) is 14.0. The molecule has 2 rings (SSSR count). The molecule has 0 aliphatic carbocycles. The zero-order chi connectivity index (χ0) is 14.8. The molecule has 0 atom stereocenters. The number of anilines is 1. The summed E-state index contributed by atoms with van der Waals surface area (Å²) >= 11 is 0. The van der Waals surface area contributed by atoms with Crippen molar-refractivity contribution >= 4 is 11.9 Å². The van der Waals surface area contributed by atoms with Gasteiger partial charge >= 0.3 is 6.09 Å². The number of carbonyl (C=O) groups excluding carboxylic acids is 1. The Labute approximate surface area is 118 Å². The van der Waals surface area contributed by atoms with Crippen molar-refractivity contribution in [3.8, 4) is 0 Å². The summed E-state index contributed by atoms with van der Waals surface area (Å²) < 4.78 is 7.04. The Morgan fingerprint density at radius 1 is 1.25 bits per heavy atom. The first-order valence-corrected chi connectivity index (χ1v) is 6.33. The van der Waals surface area contributed by atoms with Crippen molar-refractivity contribution in [2.45, 2.75) is 33.3 Å². The van der Waals surface area contributed by atoms with Gasteiger partial charge in [-0.1, -0.05) is 6.07 Å². The third kappa shape index (κ3) is 3.14. The first-order valence-electron chi connectivity index (χ1n) is 6.33. The number of imidazole rings is 1. The normalized spacial score (nSPS) is 11.2. The number of hydrogen-bond donors (Lipinski definition) is 0. The number of rotatable bonds is 2. The number of ether oxygens (including phenoxy) is 1. The monoisotopic (exact) mass is 274 g/mol. The molecule has 0 unspecified atom stereocenters. The SMILES string of the molecule is Cc1nccn1N(C(=O)OC(C)(C)C)c1ccccn1. The Kier molecular flexibility index (Phi) is 3.74. The summed E-state index contributed by atoms with van der Waals surface area (Å²) in [7, 11) is 0. The number of aromatic nitrogens is 3. The number of nitrogens with zero attached hydrogens (tertiary/aromatic N) is 4. The molecule has 6 heteroatoms. The molecule has 0 aromatic carbocycles. The van der Waals surface area contributed by atoms with Crippen molar-refractivity contribution in [2.24, 2.45) is 0 Å². The number of carbonyl (C=O) groups is 1. The van der Waals surface area contributed by atoms with Crippen LogP contribution in [0.1, 0.15) is 26.6 Å². The van der Waals surface area contributed by atoms with Gasteiger partial charge in [-0.15, -0.1) is 0 Å². The van der Waals surface area contributed by atoms with Gasteiger partial charge in [0, 0.05) is 18.6 Å². The fourth-order valence-corrected chi connectivity index (χ4v) is 1.66. The van der Waals surface area contributed by atoms with Gasteiger partial charge in [-0.2, -0.15) is 5.01 Å². The van der Waals surface area contributed by atoms with Gasteiger partial charge in [0.2, 0.25) is 0 Å². The zero-order valence-electron chi connectivity index (χ0n) is 12.1. The average molecular weight is 274 g/mol. The standard InChI is InChI=1S/C14H18N4O2/c1-11-15-9-10-17(11)18(12-7-5-6-8-16-12)13(19)20-14(2,3)4/h5-10H,1-4H3. The van der Waals surface area contributed by atoms with Crippen LogP contribution in [0.15, 0.2) is 36.8 Å². The molecule has 0 fully saturated rings. The van der Waals surface area contributed by atoms with Crippen LogP contribution in [0.5, 0.6) is 0 Å². The molecule has 106 valence electrons. The van der Waals surface area contributed by atoms with E-state index >= 15 is 0 Å². The van der Waals surface area contributed by atoms with E-state index in [1.54, 1.807) is 42.3 Å². The Morgan fingerprint density at radius 3 is 2.50 bits per heavy atom. The van der Waals surface area contributed by atoms with E-state index in [-0.39, 0.29) is 0 Å². The minimum Gasteiger partial charge on any atom is -0.442 e. The van der Waals surface area contributed by atoms with Crippen molar-refractivity contribution < 1.29 is 9.53 Å². The summed E-state index contributed by atoms with van der Waals surface area (Å²) in [5, 5.41) is 1.35. The van der Waals surface area contributed by atoms with Crippen LogP contribution in [0, 0.1) is 6.92 Å². The summed E-state index contributed by atoms with van der Waals surface area (Å²) in [6.45, 7) is 7.27. The summed E-state index contributed by atoms with van der Waals surface area (Å²) in [5.74, 6) is 1.14. The summed E-state index contributed by atoms with van der Waals surface area (Å²) in [6, 6.07) is 5.34. The van der Waals surface area contributed by atoms with Crippen LogP contribution in [0.3, 0.4) is 0 Å². The van der Waals surface area contributed by atoms with Gasteiger partial charge in [0.15, 0.2) is 5.82 Å². The van der Waals surface area contributed by atoms with E-state index in [2.05, 4.69) is 9.97 Å². The Balaban J connectivity index is 2.41. The molecule has 20 heavy (non-hydrogen) atoms. The largest absolute Gasteiger partial charge is 0.442 e. The molecule has 0 spiro atoms. The lowest BCUT2D eigenvalue weighted by Gasteiger charge is -2.27. The molecular weight excluding hydrogens is 256 g/mol. The average Bonchev–Trinajstić information content (AvgIpc) is 2.75. The molecule has 0 bridgehead atoms. The van der Waals surface area contributed by atoms with Gasteiger partial charge in [-0.3, -0.25) is 0 Å². The highest BCUT2D eigenvalue weighted by Crippen LogP contribution is 2.17. The van der Waals surface area contributed by atoms with E-state index in [0.29, 0.717) is 11.6 Å². The van der Waals surface area contributed by atoms with Crippen LogP contribution in [0.25, 0.3) is 0 Å². The molecular formula is C14H18N4O2. The van der Waals surface area contributed by atoms with Gasteiger partial charge in [0.05, 0.1) is 0 Å². The molecule has 0 saturated heterocycles. The molecule has 0 aliphatic heterocycles. The van der Waals surface area contributed by atoms with E-state index < -0.39 is 11.7 Å². The van der Waals surface area contributed by atoms with Crippen molar-refractivity contribution in [1.29, 1.82) is 0 Å². The lowest BCUT2D eigenvalue weighted by molar-refractivity contribution is 0.0561. The summed E-state index contributed by atoms with van der Waals surface area (Å²) in [5.41, 5.74) is -0.585. The van der Waals surface area contributed by atoms with Gasteiger partial charge in [-0.05, 0) is 39.8 Å². The van der Waals surface area contributed by atoms with Crippen LogP contribution in [0.2, 0.25) is 0 Å². The summed E-state index contributed by atoms with van der Waals surface area (Å²) in [6.07, 6.45) is 4.43. The fraction of sp³-hybridized carbons (Fsp3) is 0.357. The van der Waals surface area contributed by atoms with Gasteiger partial charge in [-0.25, -0.2) is 19.4 Å². The number of amides is 1. The van der Waals surface area contributed by atoms with Crippen LogP contribution in [-0.4, -0.2) is 26.3 Å². The Hall–Kier alpha value is -2.37. The predicted octanol–water partition coefficient (Wildman–Crippen LogP) is 2.79. The number of hydrogen-bond acceptors (Lipinski definition) is 4. The van der Waals surface area contributed by atoms with E-state index in [4.69, 9.17) is 4.74 Å². The third-order valence-electron chi connectivity index (χ3n) is 2.45. The quantitative estimate of drug-likeness (QED) is 0.845. The molecule has 0 radical (unpaired) electrons. The number of aryl methyl sites for hydroxylation is 1. The highest BCUT2D eigenvalue weighted by Gasteiger charge is 2.26. The lowest BCUT2D eigenvalue weighted by Crippen LogP contribution is -2.41. The second-order valence-corrected chi connectivity index (χ2v) is 5.30. The smallest absolute Gasteiger partial charge is 0.435 e. The molecule has 0 N–H and O–H groups in total. The molecule has 2 heterocycles. The molecule has 1 amide bonds. The van der Waals surface area contributed by atoms with Crippen molar-refractivity contribution in [3.05, 3.63) is 42.6 Å². The second kappa shape index (κ2) is 5.32. The second-order valence-electron chi connectivity index (χ2n) is 5.30. The topological polar surface area (TPSA) is 60.2 Å². The third-order valence-corrected chi connectivity index (χ3v) is 2.45. The molecule has 0 saturated carbocycles. The highest BCUT2D eigenvalue weighted by molar-refractivity contribution is 5.86. The van der Waals surface area contributed by atoms with Crippen molar-refractivity contribution in [2.75, 3.05) is 5.01 Å². The minimum absolute atomic E-state index is 0.475. The van der Waals surface area contributed by atoms with Crippen molar-refractivity contribution in [3.63, 3.8) is 0 Å². The molecule has 6 nitrogen and oxygen atoms in total. The molecule has 2 aromatic heterocycles. The maximum absolute atomic E-state index is 12.4. The predicted molar refractivity (Wildman–Crippen MR) is 75.3 cm³/mol. The van der Waals surface area contributed by atoms with Crippen LogP contribution >= 0.6 is 0 Å². The van der Waals surface area contributed by atoms with Crippen LogP contribution in [-0.2, 0) is 4.74 Å². The van der Waals surface area contributed by atoms with E-state index in [1.165, 1.54) is 5.01 Å². The van der Waals surface area contributed by atoms with Gasteiger partial charge < -0.3 is 4.74 Å². The Morgan fingerprint density at radius 2 is 2.00 bits per heavy atom. The van der Waals surface area contributed by atoms with E-state index in [9.17, 15) is 4.79 Å². The van der Waals surface area contributed by atoms with E-state index in [0.717, 1.165) is 0 Å². The Bertz CT molecular complexity index is 587. The molecule has 2 aromatic rings. The van der Waals surface area contributed by atoms with Crippen LogP contribution < -0.4 is 5.01 Å². The highest BCUT2D eigenvalue weighted by atomic mass is 16.6.